The van der Waals surface area contributed by atoms with Crippen LogP contribution >= 0.6 is 0 Å². The van der Waals surface area contributed by atoms with Gasteiger partial charge in [0.15, 0.2) is 0 Å². The van der Waals surface area contributed by atoms with E-state index in [-0.39, 0.29) is 22.9 Å². The van der Waals surface area contributed by atoms with Gasteiger partial charge in [-0.3, -0.25) is 9.59 Å². The number of nitrogens with two attached hydrogens (primary N) is 2. The van der Waals surface area contributed by atoms with Gasteiger partial charge in [0.05, 0.1) is 23.8 Å². The van der Waals surface area contributed by atoms with Crippen LogP contribution in [0.15, 0.2) is 0 Å². The van der Waals surface area contributed by atoms with Crippen molar-refractivity contribution < 1.29 is 19.4 Å². The van der Waals surface area contributed by atoms with Crippen LogP contribution in [0.1, 0.15) is 64.7 Å². The highest BCUT2D eigenvalue weighted by Gasteiger charge is 2.91. The third-order valence-electron chi connectivity index (χ3n) is 9.83. The van der Waals surface area contributed by atoms with Gasteiger partial charge in [0.25, 0.3) is 0 Å². The molecule has 5 N–H and O–H groups in total. The number of aliphatic hydroxyl groups is 1. The second-order valence-electron chi connectivity index (χ2n) is 11.9. The molecule has 0 aromatic carbocycles. The van der Waals surface area contributed by atoms with Gasteiger partial charge >= 0.3 is 5.97 Å². The number of piperidine rings is 2. The van der Waals surface area contributed by atoms with E-state index in [1.807, 2.05) is 4.90 Å². The van der Waals surface area contributed by atoms with Gasteiger partial charge in [-0.2, -0.15) is 5.26 Å². The molecular weight excluding hydrogens is 396 g/mol. The van der Waals surface area contributed by atoms with Crippen molar-refractivity contribution in [2.75, 3.05) is 0 Å². The van der Waals surface area contributed by atoms with Gasteiger partial charge in [0.2, 0.25) is 5.91 Å². The molecule has 7 aliphatic rings. The van der Waals surface area contributed by atoms with Gasteiger partial charge in [-0.05, 0) is 82.0 Å². The maximum atomic E-state index is 13.7. The zero-order valence-corrected chi connectivity index (χ0v) is 18.0. The SMILES string of the molecule is C[C@H](O)[C@H](N)C(=O)OC12CC3CC(C1)CC([C@H](N)C(=O)N1[C@H](C#N)CC45CC14C5)(C3)C2. The Morgan fingerprint density at radius 2 is 1.77 bits per heavy atom. The largest absolute Gasteiger partial charge is 0.458 e. The average Bonchev–Trinajstić information content (AvgIpc) is 3.46. The van der Waals surface area contributed by atoms with Crippen molar-refractivity contribution in [3.63, 3.8) is 0 Å². The summed E-state index contributed by atoms with van der Waals surface area (Å²) in [6, 6.07) is 0.230. The Kier molecular flexibility index (Phi) is 3.74. The van der Waals surface area contributed by atoms with Crippen LogP contribution < -0.4 is 11.5 Å². The minimum absolute atomic E-state index is 0.0764. The van der Waals surface area contributed by atoms with Crippen molar-refractivity contribution in [1.29, 1.82) is 5.26 Å². The monoisotopic (exact) mass is 428 g/mol. The van der Waals surface area contributed by atoms with Crippen molar-refractivity contribution in [3.05, 3.63) is 0 Å². The molecule has 4 bridgehead atoms. The molecule has 0 radical (unpaired) electrons. The maximum Gasteiger partial charge on any atom is 0.326 e. The minimum atomic E-state index is -1.07. The van der Waals surface area contributed by atoms with Crippen LogP contribution in [0.5, 0.6) is 0 Å². The number of esters is 1. The molecule has 0 spiro atoms. The molecular formula is C23H32N4O4. The Morgan fingerprint density at radius 3 is 2.35 bits per heavy atom. The fourth-order valence-electron chi connectivity index (χ4n) is 8.59. The summed E-state index contributed by atoms with van der Waals surface area (Å²) >= 11 is 0. The van der Waals surface area contributed by atoms with E-state index in [4.69, 9.17) is 16.2 Å². The second kappa shape index (κ2) is 5.81. The number of carbonyl (C=O) groups is 2. The first kappa shape index (κ1) is 20.0. The topological polar surface area (TPSA) is 143 Å². The number of likely N-dealkylation sites (tertiary alicyclic amines) is 1. The van der Waals surface area contributed by atoms with Crippen LogP contribution in [0.2, 0.25) is 0 Å². The van der Waals surface area contributed by atoms with Gasteiger partial charge in [-0.25, -0.2) is 0 Å². The number of aliphatic hydroxyl groups excluding tert-OH is 1. The summed E-state index contributed by atoms with van der Waals surface area (Å²) in [5, 5.41) is 19.4. The lowest BCUT2D eigenvalue weighted by Crippen LogP contribution is -2.66. The predicted molar refractivity (Wildman–Crippen MR) is 109 cm³/mol. The van der Waals surface area contributed by atoms with Gasteiger partial charge in [-0.15, -0.1) is 0 Å². The Labute approximate surface area is 182 Å². The molecule has 2 unspecified atom stereocenters. The van der Waals surface area contributed by atoms with Gasteiger partial charge in [0, 0.05) is 5.41 Å². The first-order valence-electron chi connectivity index (χ1n) is 11.7. The number of nitrogens with zero attached hydrogens (tertiary/aromatic N) is 2. The highest BCUT2D eigenvalue weighted by atomic mass is 16.6. The predicted octanol–water partition coefficient (Wildman–Crippen LogP) is 0.561. The highest BCUT2D eigenvalue weighted by Crippen LogP contribution is 2.87. The smallest absolute Gasteiger partial charge is 0.326 e. The molecule has 6 saturated carbocycles. The molecule has 0 aromatic rings. The minimum Gasteiger partial charge on any atom is -0.458 e. The van der Waals surface area contributed by atoms with Crippen LogP contribution in [-0.4, -0.2) is 57.3 Å². The van der Waals surface area contributed by atoms with E-state index >= 15 is 0 Å². The molecule has 8 nitrogen and oxygen atoms in total. The fourth-order valence-corrected chi connectivity index (χ4v) is 8.59. The van der Waals surface area contributed by atoms with Gasteiger partial charge < -0.3 is 26.2 Å². The number of amides is 1. The Morgan fingerprint density at radius 1 is 1.13 bits per heavy atom. The van der Waals surface area contributed by atoms with E-state index in [0.717, 1.165) is 51.4 Å². The van der Waals surface area contributed by atoms with E-state index in [9.17, 15) is 20.0 Å². The number of nitriles is 1. The number of hydrogen-bond acceptors (Lipinski definition) is 7. The molecule has 1 aliphatic heterocycles. The molecule has 168 valence electrons. The summed E-state index contributed by atoms with van der Waals surface area (Å²) in [5.41, 5.74) is 11.7. The van der Waals surface area contributed by atoms with Crippen LogP contribution in [0.4, 0.5) is 0 Å². The van der Waals surface area contributed by atoms with Crippen LogP contribution in [0.25, 0.3) is 0 Å². The quantitative estimate of drug-likeness (QED) is 0.543. The molecule has 6 atom stereocenters. The molecule has 7 fully saturated rings. The molecule has 7 rings (SSSR count). The summed E-state index contributed by atoms with van der Waals surface area (Å²) < 4.78 is 6.00. The number of hydrogen-bond donors (Lipinski definition) is 3. The molecule has 8 heteroatoms. The van der Waals surface area contributed by atoms with E-state index in [2.05, 4.69) is 6.07 Å². The first-order valence-corrected chi connectivity index (χ1v) is 11.7. The zero-order valence-electron chi connectivity index (χ0n) is 18.0. The first-order chi connectivity index (χ1) is 14.6. The summed E-state index contributed by atoms with van der Waals surface area (Å²) in [7, 11) is 0. The van der Waals surface area contributed by atoms with Crippen molar-refractivity contribution in [2.24, 2.45) is 34.1 Å². The summed E-state index contributed by atoms with van der Waals surface area (Å²) in [4.78, 5) is 28.2. The molecule has 31 heavy (non-hydrogen) atoms. The standard InChI is InChI=1S/C23H32N4O4/c1-12(28)16(25)19(30)31-22-5-13-2-14(6-22)4-20(3-13,9-22)17(26)18(29)27-15(8-24)7-21-10-23(21,27)11-21/h12-17,28H,2-7,9-11,25-26H2,1H3/t12-,13?,14?,15-,16-,17+,20?,21?,22?,23?/m0/s1. The van der Waals surface area contributed by atoms with E-state index in [1.165, 1.54) is 6.92 Å². The van der Waals surface area contributed by atoms with Gasteiger partial charge in [-0.1, -0.05) is 0 Å². The number of rotatable bonds is 5. The van der Waals surface area contributed by atoms with Crippen molar-refractivity contribution in [2.45, 2.75) is 100 Å². The Balaban J connectivity index is 1.26. The lowest BCUT2D eigenvalue weighted by Gasteiger charge is -2.62. The zero-order chi connectivity index (χ0) is 22.0. The second-order valence-corrected chi connectivity index (χ2v) is 11.9. The fraction of sp³-hybridized carbons (Fsp3) is 0.870. The normalized spacial score (nSPS) is 50.7. The molecule has 6 aliphatic carbocycles. The number of carbonyl (C=O) groups excluding carboxylic acids is 2. The Hall–Kier alpha value is -1.69. The number of ether oxygens (including phenoxy) is 1. The van der Waals surface area contributed by atoms with Crippen molar-refractivity contribution >= 4 is 11.9 Å². The Bertz CT molecular complexity index is 890. The van der Waals surface area contributed by atoms with Crippen LogP contribution in [-0.2, 0) is 14.3 Å². The lowest BCUT2D eigenvalue weighted by atomic mass is 9.46. The highest BCUT2D eigenvalue weighted by molar-refractivity contribution is 5.87. The van der Waals surface area contributed by atoms with Crippen LogP contribution in [0.3, 0.4) is 0 Å². The van der Waals surface area contributed by atoms with Crippen molar-refractivity contribution in [3.8, 4) is 6.07 Å². The van der Waals surface area contributed by atoms with Crippen molar-refractivity contribution in [1.82, 2.24) is 4.90 Å². The van der Waals surface area contributed by atoms with E-state index < -0.39 is 35.2 Å². The molecule has 1 amide bonds. The molecule has 1 saturated heterocycles. The van der Waals surface area contributed by atoms with Gasteiger partial charge in [0.1, 0.15) is 17.7 Å². The summed E-state index contributed by atoms with van der Waals surface area (Å²) in [6.45, 7) is 1.48. The maximum absolute atomic E-state index is 13.7. The van der Waals surface area contributed by atoms with Crippen LogP contribution in [0, 0.1) is 34.0 Å². The molecule has 0 aromatic heterocycles. The third-order valence-corrected chi connectivity index (χ3v) is 9.83. The van der Waals surface area contributed by atoms with E-state index in [1.54, 1.807) is 0 Å². The molecule has 1 heterocycles. The lowest BCUT2D eigenvalue weighted by molar-refractivity contribution is -0.208. The summed E-state index contributed by atoms with van der Waals surface area (Å²) in [6.07, 6.45) is 6.82. The summed E-state index contributed by atoms with van der Waals surface area (Å²) in [5.74, 6) is 0.100. The third kappa shape index (κ3) is 2.46. The van der Waals surface area contributed by atoms with E-state index in [0.29, 0.717) is 18.3 Å². The average molecular weight is 429 g/mol.